The van der Waals surface area contributed by atoms with Crippen molar-refractivity contribution < 1.29 is 13.2 Å². The van der Waals surface area contributed by atoms with E-state index < -0.39 is 11.7 Å². The number of hydrogen-bond acceptors (Lipinski definition) is 2. The molecular weight excluding hydrogens is 275 g/mol. The van der Waals surface area contributed by atoms with Crippen LogP contribution in [0.25, 0.3) is 0 Å². The summed E-state index contributed by atoms with van der Waals surface area (Å²) in [5.74, 6) is 0. The van der Waals surface area contributed by atoms with Gasteiger partial charge in [0.1, 0.15) is 0 Å². The Hall–Kier alpha value is -1.50. The number of nitrogens with one attached hydrogen (secondary N) is 1. The number of anilines is 2. The van der Waals surface area contributed by atoms with E-state index in [1.165, 1.54) is 6.07 Å². The lowest BCUT2D eigenvalue weighted by atomic mass is 10.1. The van der Waals surface area contributed by atoms with Gasteiger partial charge in [-0.1, -0.05) is 0 Å². The topological polar surface area (TPSA) is 41.3 Å². The van der Waals surface area contributed by atoms with Crippen molar-refractivity contribution in [2.24, 2.45) is 5.73 Å². The smallest absolute Gasteiger partial charge is 0.376 e. The summed E-state index contributed by atoms with van der Waals surface area (Å²) < 4.78 is 39.3. The van der Waals surface area contributed by atoms with Gasteiger partial charge < -0.3 is 16.0 Å². The van der Waals surface area contributed by atoms with Crippen LogP contribution in [0.4, 0.5) is 24.5 Å². The van der Waals surface area contributed by atoms with E-state index in [4.69, 9.17) is 5.73 Å². The first kappa shape index (κ1) is 13.9. The summed E-state index contributed by atoms with van der Waals surface area (Å²) in [4.78, 5) is 1.76. The largest absolute Gasteiger partial charge is 0.418 e. The molecule has 0 radical (unpaired) electrons. The number of rotatable bonds is 2. The third kappa shape index (κ3) is 3.28. The van der Waals surface area contributed by atoms with E-state index in [1.54, 1.807) is 11.0 Å². The van der Waals surface area contributed by atoms with Crippen molar-refractivity contribution in [3.63, 3.8) is 0 Å². The van der Waals surface area contributed by atoms with Gasteiger partial charge in [-0.25, -0.2) is 0 Å². The Bertz CT molecular complexity index is 482. The van der Waals surface area contributed by atoms with Gasteiger partial charge in [0.05, 0.1) is 5.56 Å². The third-order valence-corrected chi connectivity index (χ3v) is 3.12. The second-order valence-corrected chi connectivity index (χ2v) is 4.85. The first-order valence-electron chi connectivity index (χ1n) is 5.90. The zero-order valence-corrected chi connectivity index (χ0v) is 10.9. The molecule has 19 heavy (non-hydrogen) atoms. The Balaban J connectivity index is 2.39. The molecule has 1 fully saturated rings. The number of hydrogen-bond donors (Lipinski definition) is 2. The van der Waals surface area contributed by atoms with Gasteiger partial charge in [0.15, 0.2) is 5.11 Å². The Morgan fingerprint density at radius 1 is 1.26 bits per heavy atom. The SMILES string of the molecule is NC(=S)Nc1ccc(N2CCCC2)c(C(F)(F)F)c1. The maximum atomic E-state index is 13.1. The number of nitrogens with two attached hydrogens (primary N) is 1. The molecule has 1 aromatic carbocycles. The number of benzene rings is 1. The Kier molecular flexibility index (Phi) is 3.84. The molecule has 1 aliphatic heterocycles. The second kappa shape index (κ2) is 5.24. The lowest BCUT2D eigenvalue weighted by Crippen LogP contribution is -2.23. The van der Waals surface area contributed by atoms with E-state index >= 15 is 0 Å². The lowest BCUT2D eigenvalue weighted by molar-refractivity contribution is -0.137. The minimum Gasteiger partial charge on any atom is -0.376 e. The van der Waals surface area contributed by atoms with Crippen LogP contribution in [0.1, 0.15) is 18.4 Å². The highest BCUT2D eigenvalue weighted by Gasteiger charge is 2.35. The van der Waals surface area contributed by atoms with Crippen LogP contribution in [0.2, 0.25) is 0 Å². The summed E-state index contributed by atoms with van der Waals surface area (Å²) in [6.07, 6.45) is -2.56. The van der Waals surface area contributed by atoms with Crippen LogP contribution in [0, 0.1) is 0 Å². The molecule has 0 bridgehead atoms. The Labute approximate surface area is 114 Å². The van der Waals surface area contributed by atoms with Crippen LogP contribution in [-0.2, 0) is 6.18 Å². The molecule has 0 atom stereocenters. The first-order chi connectivity index (χ1) is 8.88. The summed E-state index contributed by atoms with van der Waals surface area (Å²) in [6, 6.07) is 4.07. The van der Waals surface area contributed by atoms with E-state index in [2.05, 4.69) is 17.5 Å². The van der Waals surface area contributed by atoms with Crippen LogP contribution in [0.3, 0.4) is 0 Å². The standard InChI is InChI=1S/C12H14F3N3S/c13-12(14,15)9-7-8(17-11(16)19)3-4-10(9)18-5-1-2-6-18/h3-4,7H,1-2,5-6H2,(H3,16,17,19). The van der Waals surface area contributed by atoms with Gasteiger partial charge >= 0.3 is 6.18 Å². The molecule has 0 aliphatic carbocycles. The maximum Gasteiger partial charge on any atom is 0.418 e. The molecule has 104 valence electrons. The van der Waals surface area contributed by atoms with Crippen molar-refractivity contribution in [1.29, 1.82) is 0 Å². The average molecular weight is 289 g/mol. The van der Waals surface area contributed by atoms with E-state index in [0.29, 0.717) is 13.1 Å². The fourth-order valence-corrected chi connectivity index (χ4v) is 2.33. The van der Waals surface area contributed by atoms with Gasteiger partial charge in [-0.05, 0) is 43.3 Å². The number of thiocarbonyl (C=S) groups is 1. The molecule has 0 saturated carbocycles. The monoisotopic (exact) mass is 289 g/mol. The minimum atomic E-state index is -4.40. The van der Waals surface area contributed by atoms with Crippen molar-refractivity contribution in [3.8, 4) is 0 Å². The molecule has 1 aromatic rings. The van der Waals surface area contributed by atoms with Crippen LogP contribution in [0.5, 0.6) is 0 Å². The molecule has 0 amide bonds. The van der Waals surface area contributed by atoms with Crippen molar-refractivity contribution >= 4 is 28.7 Å². The summed E-state index contributed by atoms with van der Waals surface area (Å²) in [5.41, 5.74) is 5.09. The maximum absolute atomic E-state index is 13.1. The zero-order chi connectivity index (χ0) is 14.0. The van der Waals surface area contributed by atoms with Crippen molar-refractivity contribution in [2.75, 3.05) is 23.3 Å². The molecule has 3 nitrogen and oxygen atoms in total. The molecule has 2 rings (SSSR count). The van der Waals surface area contributed by atoms with Gasteiger partial charge in [0, 0.05) is 24.5 Å². The fraction of sp³-hybridized carbons (Fsp3) is 0.417. The fourth-order valence-electron chi connectivity index (χ4n) is 2.22. The number of alkyl halides is 3. The van der Waals surface area contributed by atoms with E-state index in [-0.39, 0.29) is 16.5 Å². The molecule has 1 aliphatic rings. The number of nitrogens with zero attached hydrogens (tertiary/aromatic N) is 1. The van der Waals surface area contributed by atoms with Gasteiger partial charge in [-0.15, -0.1) is 0 Å². The summed E-state index contributed by atoms with van der Waals surface area (Å²) >= 11 is 4.63. The number of halogens is 3. The molecule has 1 saturated heterocycles. The predicted molar refractivity (Wildman–Crippen MR) is 73.3 cm³/mol. The quantitative estimate of drug-likeness (QED) is 0.821. The highest BCUT2D eigenvalue weighted by molar-refractivity contribution is 7.80. The Morgan fingerprint density at radius 2 is 1.89 bits per heavy atom. The normalized spacial score (nSPS) is 15.6. The molecule has 1 heterocycles. The average Bonchev–Trinajstić information content (AvgIpc) is 2.80. The van der Waals surface area contributed by atoms with Crippen LogP contribution in [-0.4, -0.2) is 18.2 Å². The van der Waals surface area contributed by atoms with Crippen molar-refractivity contribution in [1.82, 2.24) is 0 Å². The summed E-state index contributed by atoms with van der Waals surface area (Å²) in [5, 5.41) is 2.47. The molecule has 0 unspecified atom stereocenters. The second-order valence-electron chi connectivity index (χ2n) is 4.41. The van der Waals surface area contributed by atoms with Crippen molar-refractivity contribution in [3.05, 3.63) is 23.8 Å². The Morgan fingerprint density at radius 3 is 2.42 bits per heavy atom. The van der Waals surface area contributed by atoms with Crippen molar-refractivity contribution in [2.45, 2.75) is 19.0 Å². The predicted octanol–water partition coefficient (Wildman–Crippen LogP) is 2.96. The van der Waals surface area contributed by atoms with Crippen LogP contribution >= 0.6 is 12.2 Å². The third-order valence-electron chi connectivity index (χ3n) is 3.02. The van der Waals surface area contributed by atoms with Gasteiger partial charge in [-0.2, -0.15) is 13.2 Å². The molecule has 0 spiro atoms. The van der Waals surface area contributed by atoms with E-state index in [9.17, 15) is 13.2 Å². The highest BCUT2D eigenvalue weighted by Crippen LogP contribution is 2.39. The lowest BCUT2D eigenvalue weighted by Gasteiger charge is -2.23. The van der Waals surface area contributed by atoms with Gasteiger partial charge in [0.25, 0.3) is 0 Å². The molecule has 0 aromatic heterocycles. The van der Waals surface area contributed by atoms with E-state index in [0.717, 1.165) is 18.9 Å². The minimum absolute atomic E-state index is 0.0537. The van der Waals surface area contributed by atoms with Crippen LogP contribution in [0.15, 0.2) is 18.2 Å². The summed E-state index contributed by atoms with van der Waals surface area (Å²) in [6.45, 7) is 1.32. The summed E-state index contributed by atoms with van der Waals surface area (Å²) in [7, 11) is 0. The molecule has 3 N–H and O–H groups in total. The van der Waals surface area contributed by atoms with Gasteiger partial charge in [0.2, 0.25) is 0 Å². The van der Waals surface area contributed by atoms with E-state index in [1.807, 2.05) is 0 Å². The highest BCUT2D eigenvalue weighted by atomic mass is 32.1. The molecule has 7 heteroatoms. The molecular formula is C12H14F3N3S. The van der Waals surface area contributed by atoms with Gasteiger partial charge in [-0.3, -0.25) is 0 Å². The first-order valence-corrected chi connectivity index (χ1v) is 6.31. The zero-order valence-electron chi connectivity index (χ0n) is 10.1. The van der Waals surface area contributed by atoms with Crippen LogP contribution < -0.4 is 16.0 Å².